The number of aromatic nitrogens is 2. The molecule has 5 heteroatoms. The van der Waals surface area contributed by atoms with Gasteiger partial charge in [-0.25, -0.2) is 9.97 Å². The van der Waals surface area contributed by atoms with E-state index in [4.69, 9.17) is 0 Å². The van der Waals surface area contributed by atoms with Crippen LogP contribution in [0, 0.1) is 6.92 Å². The monoisotopic (exact) mass is 312 g/mol. The highest BCUT2D eigenvalue weighted by Gasteiger charge is 2.20. The molecule has 1 N–H and O–H groups in total. The fourth-order valence-corrected chi connectivity index (χ4v) is 2.32. The number of aryl methyl sites for hydroxylation is 1. The molecule has 0 aliphatic rings. The molecule has 1 aromatic heterocycles. The number of anilines is 2. The quantitative estimate of drug-likeness (QED) is 0.936. The van der Waals surface area contributed by atoms with Crippen molar-refractivity contribution < 1.29 is 4.79 Å². The van der Waals surface area contributed by atoms with Crippen molar-refractivity contribution in [2.45, 2.75) is 40.2 Å². The van der Waals surface area contributed by atoms with E-state index in [1.807, 2.05) is 58.0 Å². The summed E-state index contributed by atoms with van der Waals surface area (Å²) in [6, 6.07) is 11.3. The molecule has 5 nitrogen and oxygen atoms in total. The van der Waals surface area contributed by atoms with Crippen LogP contribution in [0.5, 0.6) is 0 Å². The standard InChI is InChI=1S/C18H24N4O/c1-6-22(14-10-8-7-9-11-14)17(23)15-12-16(20-13(2)19-15)21-18(3,4)5/h7-12H,6H2,1-5H3,(H,19,20,21). The predicted octanol–water partition coefficient (Wildman–Crippen LogP) is 3.66. The summed E-state index contributed by atoms with van der Waals surface area (Å²) in [5.41, 5.74) is 1.13. The Kier molecular flexibility index (Phi) is 4.98. The molecule has 23 heavy (non-hydrogen) atoms. The number of nitrogens with one attached hydrogen (secondary N) is 1. The third-order valence-electron chi connectivity index (χ3n) is 3.19. The van der Waals surface area contributed by atoms with Gasteiger partial charge in [-0.3, -0.25) is 4.79 Å². The first-order chi connectivity index (χ1) is 10.8. The van der Waals surface area contributed by atoms with Gasteiger partial charge < -0.3 is 10.2 Å². The molecular formula is C18H24N4O. The van der Waals surface area contributed by atoms with Crippen LogP contribution in [0.4, 0.5) is 11.5 Å². The molecule has 0 spiro atoms. The van der Waals surface area contributed by atoms with Gasteiger partial charge in [0.15, 0.2) is 0 Å². The minimum absolute atomic E-state index is 0.124. The first-order valence-electron chi connectivity index (χ1n) is 7.81. The number of carbonyl (C=O) groups excluding carboxylic acids is 1. The Labute approximate surface area is 137 Å². The minimum Gasteiger partial charge on any atom is -0.365 e. The molecule has 1 heterocycles. The number of benzene rings is 1. The van der Waals surface area contributed by atoms with Crippen molar-refractivity contribution in [1.82, 2.24) is 9.97 Å². The molecule has 1 amide bonds. The van der Waals surface area contributed by atoms with E-state index < -0.39 is 0 Å². The Morgan fingerprint density at radius 2 is 1.83 bits per heavy atom. The lowest BCUT2D eigenvalue weighted by Gasteiger charge is -2.23. The number of para-hydroxylation sites is 1. The fourth-order valence-electron chi connectivity index (χ4n) is 2.32. The number of amides is 1. The maximum Gasteiger partial charge on any atom is 0.277 e. The predicted molar refractivity (Wildman–Crippen MR) is 93.9 cm³/mol. The molecule has 1 aromatic carbocycles. The Morgan fingerprint density at radius 3 is 2.39 bits per heavy atom. The van der Waals surface area contributed by atoms with Gasteiger partial charge in [-0.15, -0.1) is 0 Å². The Bertz CT molecular complexity index is 677. The van der Waals surface area contributed by atoms with Crippen LogP contribution in [0.1, 0.15) is 44.0 Å². The fraction of sp³-hybridized carbons (Fsp3) is 0.389. The molecule has 0 aliphatic carbocycles. The summed E-state index contributed by atoms with van der Waals surface area (Å²) in [5.74, 6) is 1.12. The SMILES string of the molecule is CCN(C(=O)c1cc(NC(C)(C)C)nc(C)n1)c1ccccc1. The van der Waals surface area contributed by atoms with Crippen LogP contribution < -0.4 is 10.2 Å². The second kappa shape index (κ2) is 6.77. The largest absolute Gasteiger partial charge is 0.365 e. The number of nitrogens with zero attached hydrogens (tertiary/aromatic N) is 3. The number of rotatable bonds is 4. The highest BCUT2D eigenvalue weighted by Crippen LogP contribution is 2.18. The lowest BCUT2D eigenvalue weighted by atomic mass is 10.1. The average molecular weight is 312 g/mol. The van der Waals surface area contributed by atoms with E-state index in [2.05, 4.69) is 15.3 Å². The molecule has 0 bridgehead atoms. The van der Waals surface area contributed by atoms with E-state index in [0.717, 1.165) is 5.69 Å². The summed E-state index contributed by atoms with van der Waals surface area (Å²) in [6.45, 7) is 10.5. The van der Waals surface area contributed by atoms with Crippen LogP contribution in [-0.2, 0) is 0 Å². The van der Waals surface area contributed by atoms with Crippen LogP contribution in [0.15, 0.2) is 36.4 Å². The van der Waals surface area contributed by atoms with Gasteiger partial charge in [0.1, 0.15) is 17.3 Å². The average Bonchev–Trinajstić information content (AvgIpc) is 2.46. The lowest BCUT2D eigenvalue weighted by Crippen LogP contribution is -2.32. The zero-order valence-corrected chi connectivity index (χ0v) is 14.4. The zero-order chi connectivity index (χ0) is 17.0. The zero-order valence-electron chi connectivity index (χ0n) is 14.4. The highest BCUT2D eigenvalue weighted by molar-refractivity contribution is 6.05. The Hall–Kier alpha value is -2.43. The maximum absolute atomic E-state index is 12.9. The van der Waals surface area contributed by atoms with Gasteiger partial charge in [-0.2, -0.15) is 0 Å². The summed E-state index contributed by atoms with van der Waals surface area (Å²) in [4.78, 5) is 23.2. The number of carbonyl (C=O) groups is 1. The summed E-state index contributed by atoms with van der Waals surface area (Å²) in [5, 5.41) is 3.29. The van der Waals surface area contributed by atoms with Gasteiger partial charge in [-0.05, 0) is 46.8 Å². The molecule has 0 radical (unpaired) electrons. The highest BCUT2D eigenvalue weighted by atomic mass is 16.2. The van der Waals surface area contributed by atoms with Gasteiger partial charge in [-0.1, -0.05) is 18.2 Å². The molecule has 0 unspecified atom stereocenters. The van der Waals surface area contributed by atoms with Crippen molar-refractivity contribution in [2.75, 3.05) is 16.8 Å². The van der Waals surface area contributed by atoms with Crippen LogP contribution >= 0.6 is 0 Å². The van der Waals surface area contributed by atoms with E-state index in [1.165, 1.54) is 0 Å². The second-order valence-corrected chi connectivity index (χ2v) is 6.45. The maximum atomic E-state index is 12.9. The topological polar surface area (TPSA) is 58.1 Å². The van der Waals surface area contributed by atoms with Crippen molar-refractivity contribution in [2.24, 2.45) is 0 Å². The Morgan fingerprint density at radius 1 is 1.17 bits per heavy atom. The van der Waals surface area contributed by atoms with Gasteiger partial charge in [0.25, 0.3) is 5.91 Å². The lowest BCUT2D eigenvalue weighted by molar-refractivity contribution is 0.0983. The molecule has 0 atom stereocenters. The van der Waals surface area contributed by atoms with E-state index in [9.17, 15) is 4.79 Å². The minimum atomic E-state index is -0.134. The third kappa shape index (κ3) is 4.52. The van der Waals surface area contributed by atoms with Crippen molar-refractivity contribution in [3.8, 4) is 0 Å². The first-order valence-corrected chi connectivity index (χ1v) is 7.81. The van der Waals surface area contributed by atoms with E-state index >= 15 is 0 Å². The van der Waals surface area contributed by atoms with Gasteiger partial charge >= 0.3 is 0 Å². The second-order valence-electron chi connectivity index (χ2n) is 6.45. The summed E-state index contributed by atoms with van der Waals surface area (Å²) in [7, 11) is 0. The van der Waals surface area contributed by atoms with Crippen molar-refractivity contribution in [3.05, 3.63) is 47.9 Å². The molecular weight excluding hydrogens is 288 g/mol. The van der Waals surface area contributed by atoms with Crippen LogP contribution in [0.2, 0.25) is 0 Å². The van der Waals surface area contributed by atoms with Crippen LogP contribution in [-0.4, -0.2) is 28.0 Å². The Balaban J connectivity index is 2.34. The molecule has 0 fully saturated rings. The summed E-state index contributed by atoms with van der Waals surface area (Å²) in [6.07, 6.45) is 0. The van der Waals surface area contributed by atoms with Crippen LogP contribution in [0.25, 0.3) is 0 Å². The van der Waals surface area contributed by atoms with Crippen LogP contribution in [0.3, 0.4) is 0 Å². The molecule has 0 saturated heterocycles. The summed E-state index contributed by atoms with van der Waals surface area (Å²) >= 11 is 0. The van der Waals surface area contributed by atoms with Crippen molar-refractivity contribution >= 4 is 17.4 Å². The van der Waals surface area contributed by atoms with Gasteiger partial charge in [0, 0.05) is 23.8 Å². The third-order valence-corrected chi connectivity index (χ3v) is 3.19. The van der Waals surface area contributed by atoms with Crippen molar-refractivity contribution in [3.63, 3.8) is 0 Å². The summed E-state index contributed by atoms with van der Waals surface area (Å²) < 4.78 is 0. The van der Waals surface area contributed by atoms with Gasteiger partial charge in [0.2, 0.25) is 0 Å². The van der Waals surface area contributed by atoms with E-state index in [1.54, 1.807) is 17.9 Å². The molecule has 0 aliphatic heterocycles. The number of hydrogen-bond acceptors (Lipinski definition) is 4. The normalized spacial score (nSPS) is 11.2. The van der Waals surface area contributed by atoms with Crippen molar-refractivity contribution in [1.29, 1.82) is 0 Å². The molecule has 2 aromatic rings. The molecule has 0 saturated carbocycles. The van der Waals surface area contributed by atoms with E-state index in [-0.39, 0.29) is 11.4 Å². The first kappa shape index (κ1) is 16.9. The molecule has 2 rings (SSSR count). The number of hydrogen-bond donors (Lipinski definition) is 1. The smallest absolute Gasteiger partial charge is 0.277 e. The molecule has 122 valence electrons. The van der Waals surface area contributed by atoms with E-state index in [0.29, 0.717) is 23.9 Å². The van der Waals surface area contributed by atoms with Gasteiger partial charge in [0.05, 0.1) is 0 Å².